The van der Waals surface area contributed by atoms with Gasteiger partial charge in [-0.2, -0.15) is 0 Å². The maximum atomic E-state index is 14.1. The van der Waals surface area contributed by atoms with Crippen molar-refractivity contribution >= 4 is 29.0 Å². The second-order valence-electron chi connectivity index (χ2n) is 4.14. The van der Waals surface area contributed by atoms with Crippen molar-refractivity contribution in [3.63, 3.8) is 0 Å². The molecular formula is C15H11Cl2FO3. The fourth-order valence-corrected chi connectivity index (χ4v) is 2.34. The van der Waals surface area contributed by atoms with Gasteiger partial charge in [-0.05, 0) is 24.3 Å². The molecule has 0 bridgehead atoms. The Labute approximate surface area is 131 Å². The van der Waals surface area contributed by atoms with Crippen molar-refractivity contribution in [1.29, 1.82) is 0 Å². The van der Waals surface area contributed by atoms with E-state index in [0.29, 0.717) is 5.02 Å². The van der Waals surface area contributed by atoms with Gasteiger partial charge in [0.2, 0.25) is 0 Å². The molecule has 0 unspecified atom stereocenters. The van der Waals surface area contributed by atoms with E-state index in [0.717, 1.165) is 6.07 Å². The molecule has 0 aromatic heterocycles. The Hall–Kier alpha value is -1.78. The van der Waals surface area contributed by atoms with E-state index in [-0.39, 0.29) is 27.6 Å². The van der Waals surface area contributed by atoms with Crippen LogP contribution in [0.5, 0.6) is 11.5 Å². The third kappa shape index (κ3) is 3.12. The Balaban J connectivity index is 2.53. The molecular weight excluding hydrogens is 318 g/mol. The van der Waals surface area contributed by atoms with Gasteiger partial charge in [0.05, 0.1) is 24.8 Å². The number of ether oxygens (including phenoxy) is 2. The molecule has 0 fully saturated rings. The van der Waals surface area contributed by atoms with E-state index in [4.69, 9.17) is 32.7 Å². The molecule has 0 saturated heterocycles. The van der Waals surface area contributed by atoms with Crippen molar-refractivity contribution in [2.75, 3.05) is 14.2 Å². The minimum atomic E-state index is -0.719. The largest absolute Gasteiger partial charge is 0.493 e. The summed E-state index contributed by atoms with van der Waals surface area (Å²) >= 11 is 11.8. The van der Waals surface area contributed by atoms with Gasteiger partial charge < -0.3 is 9.47 Å². The maximum absolute atomic E-state index is 14.1. The Kier molecular flexibility index (Phi) is 4.70. The van der Waals surface area contributed by atoms with Crippen LogP contribution in [0.1, 0.15) is 15.9 Å². The monoisotopic (exact) mass is 328 g/mol. The van der Waals surface area contributed by atoms with Crippen LogP contribution in [-0.4, -0.2) is 20.0 Å². The Morgan fingerprint density at radius 3 is 2.19 bits per heavy atom. The van der Waals surface area contributed by atoms with Crippen molar-refractivity contribution in [3.05, 3.63) is 57.3 Å². The van der Waals surface area contributed by atoms with Crippen molar-refractivity contribution in [3.8, 4) is 11.5 Å². The molecule has 110 valence electrons. The number of rotatable bonds is 4. The summed E-state index contributed by atoms with van der Waals surface area (Å²) in [6.45, 7) is 0. The zero-order valence-electron chi connectivity index (χ0n) is 11.2. The minimum Gasteiger partial charge on any atom is -0.493 e. The molecule has 2 rings (SSSR count). The molecule has 0 aliphatic heterocycles. The fraction of sp³-hybridized carbons (Fsp3) is 0.133. The summed E-state index contributed by atoms with van der Waals surface area (Å²) in [5, 5.41) is 0.547. The molecule has 6 heteroatoms. The quantitative estimate of drug-likeness (QED) is 0.781. The van der Waals surface area contributed by atoms with Gasteiger partial charge in [0.1, 0.15) is 5.82 Å². The molecule has 0 aliphatic rings. The Bertz CT molecular complexity index is 702. The molecule has 2 aromatic rings. The summed E-state index contributed by atoms with van der Waals surface area (Å²) in [7, 11) is 2.79. The predicted octanol–water partition coefficient (Wildman–Crippen LogP) is 4.38. The number of hydrogen-bond donors (Lipinski definition) is 0. The lowest BCUT2D eigenvalue weighted by atomic mass is 10.0. The standard InChI is InChI=1S/C15H11Cl2FO3/c1-20-13-6-10(12(18)7-14(13)21-2)15(19)9-4-3-8(16)5-11(9)17/h3-7H,1-2H3. The summed E-state index contributed by atoms with van der Waals surface area (Å²) in [4.78, 5) is 12.4. The zero-order valence-corrected chi connectivity index (χ0v) is 12.8. The normalized spacial score (nSPS) is 10.3. The third-order valence-electron chi connectivity index (χ3n) is 2.89. The molecule has 2 aromatic carbocycles. The Morgan fingerprint density at radius 2 is 1.62 bits per heavy atom. The maximum Gasteiger partial charge on any atom is 0.197 e. The number of hydrogen-bond acceptors (Lipinski definition) is 3. The van der Waals surface area contributed by atoms with Gasteiger partial charge >= 0.3 is 0 Å². The van der Waals surface area contributed by atoms with Gasteiger partial charge in [-0.3, -0.25) is 4.79 Å². The number of methoxy groups -OCH3 is 2. The highest BCUT2D eigenvalue weighted by Gasteiger charge is 2.20. The summed E-state index contributed by atoms with van der Waals surface area (Å²) < 4.78 is 24.1. The molecule has 3 nitrogen and oxygen atoms in total. The van der Waals surface area contributed by atoms with E-state index in [1.165, 1.54) is 38.5 Å². The van der Waals surface area contributed by atoms with Crippen LogP contribution in [0, 0.1) is 5.82 Å². The van der Waals surface area contributed by atoms with E-state index in [1.54, 1.807) is 0 Å². The zero-order chi connectivity index (χ0) is 15.6. The molecule has 0 amide bonds. The van der Waals surface area contributed by atoms with Crippen molar-refractivity contribution in [2.24, 2.45) is 0 Å². The molecule has 0 N–H and O–H groups in total. The topological polar surface area (TPSA) is 35.5 Å². The first-order valence-electron chi connectivity index (χ1n) is 5.89. The van der Waals surface area contributed by atoms with Gasteiger partial charge in [0, 0.05) is 16.7 Å². The van der Waals surface area contributed by atoms with Crippen LogP contribution in [0.15, 0.2) is 30.3 Å². The number of carbonyl (C=O) groups excluding carboxylic acids is 1. The van der Waals surface area contributed by atoms with Crippen LogP contribution >= 0.6 is 23.2 Å². The molecule has 0 atom stereocenters. The van der Waals surface area contributed by atoms with Gasteiger partial charge in [0.25, 0.3) is 0 Å². The van der Waals surface area contributed by atoms with Crippen LogP contribution < -0.4 is 9.47 Å². The average Bonchev–Trinajstić information content (AvgIpc) is 2.46. The van der Waals surface area contributed by atoms with E-state index >= 15 is 0 Å². The smallest absolute Gasteiger partial charge is 0.197 e. The van der Waals surface area contributed by atoms with Crippen LogP contribution in [0.2, 0.25) is 10.0 Å². The van der Waals surface area contributed by atoms with Gasteiger partial charge in [0.15, 0.2) is 17.3 Å². The van der Waals surface area contributed by atoms with E-state index < -0.39 is 11.6 Å². The first-order valence-corrected chi connectivity index (χ1v) is 6.64. The highest BCUT2D eigenvalue weighted by Crippen LogP contribution is 2.32. The summed E-state index contributed by atoms with van der Waals surface area (Å²) in [5.74, 6) is -0.820. The van der Waals surface area contributed by atoms with Crippen molar-refractivity contribution in [2.45, 2.75) is 0 Å². The van der Waals surface area contributed by atoms with E-state index in [2.05, 4.69) is 0 Å². The van der Waals surface area contributed by atoms with Crippen LogP contribution in [-0.2, 0) is 0 Å². The first kappa shape index (κ1) is 15.6. The first-order chi connectivity index (χ1) is 9.97. The highest BCUT2D eigenvalue weighted by molar-refractivity contribution is 6.37. The fourth-order valence-electron chi connectivity index (χ4n) is 1.85. The second kappa shape index (κ2) is 6.33. The molecule has 0 saturated carbocycles. The van der Waals surface area contributed by atoms with E-state index in [9.17, 15) is 9.18 Å². The van der Waals surface area contributed by atoms with Gasteiger partial charge in [-0.1, -0.05) is 23.2 Å². The number of ketones is 1. The lowest BCUT2D eigenvalue weighted by Crippen LogP contribution is -2.06. The molecule has 0 heterocycles. The number of carbonyl (C=O) groups is 1. The second-order valence-corrected chi connectivity index (χ2v) is 4.98. The summed E-state index contributed by atoms with van der Waals surface area (Å²) in [5.41, 5.74) is 0.00376. The Morgan fingerprint density at radius 1 is 1.00 bits per heavy atom. The number of benzene rings is 2. The lowest BCUT2D eigenvalue weighted by molar-refractivity contribution is 0.103. The third-order valence-corrected chi connectivity index (χ3v) is 3.44. The van der Waals surface area contributed by atoms with Gasteiger partial charge in [-0.25, -0.2) is 4.39 Å². The van der Waals surface area contributed by atoms with Crippen molar-refractivity contribution in [1.82, 2.24) is 0 Å². The molecule has 0 aliphatic carbocycles. The predicted molar refractivity (Wildman–Crippen MR) is 79.4 cm³/mol. The van der Waals surface area contributed by atoms with E-state index in [1.807, 2.05) is 0 Å². The SMILES string of the molecule is COc1cc(F)c(C(=O)c2ccc(Cl)cc2Cl)cc1OC. The summed E-state index contributed by atoms with van der Waals surface area (Å²) in [6.07, 6.45) is 0. The van der Waals surface area contributed by atoms with Crippen LogP contribution in [0.25, 0.3) is 0 Å². The molecule has 0 spiro atoms. The number of halogens is 3. The van der Waals surface area contributed by atoms with Crippen LogP contribution in [0.3, 0.4) is 0 Å². The minimum absolute atomic E-state index is 0.154. The molecule has 0 radical (unpaired) electrons. The highest BCUT2D eigenvalue weighted by atomic mass is 35.5. The van der Waals surface area contributed by atoms with Crippen LogP contribution in [0.4, 0.5) is 4.39 Å². The van der Waals surface area contributed by atoms with Gasteiger partial charge in [-0.15, -0.1) is 0 Å². The lowest BCUT2D eigenvalue weighted by Gasteiger charge is -2.11. The molecule has 21 heavy (non-hydrogen) atoms. The average molecular weight is 329 g/mol. The van der Waals surface area contributed by atoms with Crippen molar-refractivity contribution < 1.29 is 18.7 Å². The summed E-state index contributed by atoms with van der Waals surface area (Å²) in [6, 6.07) is 6.76.